The predicted octanol–water partition coefficient (Wildman–Crippen LogP) is 1.44. The van der Waals surface area contributed by atoms with Gasteiger partial charge in [-0.05, 0) is 37.6 Å². The monoisotopic (exact) mass is 315 g/mol. The van der Waals surface area contributed by atoms with Gasteiger partial charge in [0.2, 0.25) is 10.0 Å². The minimum Gasteiger partial charge on any atom is -0.496 e. The number of rotatable bonds is 6. The first-order chi connectivity index (χ1) is 9.86. The summed E-state index contributed by atoms with van der Waals surface area (Å²) in [6.45, 7) is 4.96. The zero-order valence-electron chi connectivity index (χ0n) is 12.5. The Morgan fingerprint density at radius 1 is 1.33 bits per heavy atom. The topological polar surface area (TPSA) is 73.9 Å². The Morgan fingerprint density at radius 3 is 2.57 bits per heavy atom. The largest absolute Gasteiger partial charge is 0.496 e. The van der Waals surface area contributed by atoms with E-state index in [1.165, 1.54) is 6.07 Å². The lowest BCUT2D eigenvalue weighted by Gasteiger charge is -2.22. The van der Waals surface area contributed by atoms with Gasteiger partial charge in [0.1, 0.15) is 5.75 Å². The van der Waals surface area contributed by atoms with E-state index in [9.17, 15) is 8.42 Å². The molecule has 6 nitrogen and oxygen atoms in total. The summed E-state index contributed by atoms with van der Waals surface area (Å²) in [5.74, 6) is -0.0348. The van der Waals surface area contributed by atoms with E-state index in [0.29, 0.717) is 25.4 Å². The van der Waals surface area contributed by atoms with E-state index in [1.54, 1.807) is 26.2 Å². The average Bonchev–Trinajstić information content (AvgIpc) is 2.85. The molecule has 0 aliphatic carbocycles. The summed E-state index contributed by atoms with van der Waals surface area (Å²) in [4.78, 5) is 0.221. The molecule has 7 heteroatoms. The molecule has 1 saturated heterocycles. The first-order valence-corrected chi connectivity index (χ1v) is 8.27. The molecule has 1 N–H and O–H groups in total. The Morgan fingerprint density at radius 2 is 2.00 bits per heavy atom. The molecule has 1 heterocycles. The number of sulfonamides is 1. The van der Waals surface area contributed by atoms with Crippen LogP contribution in [0.15, 0.2) is 23.1 Å². The number of nitrogens with one attached hydrogen (secondary N) is 1. The summed E-state index contributed by atoms with van der Waals surface area (Å²) >= 11 is 0. The normalized spacial score (nSPS) is 17.9. The quantitative estimate of drug-likeness (QED) is 0.860. The van der Waals surface area contributed by atoms with Gasteiger partial charge in [0, 0.05) is 13.0 Å². The van der Waals surface area contributed by atoms with E-state index < -0.39 is 15.8 Å². The zero-order valence-corrected chi connectivity index (χ0v) is 13.3. The third-order valence-electron chi connectivity index (χ3n) is 3.45. The second-order valence-electron chi connectivity index (χ2n) is 5.11. The average molecular weight is 315 g/mol. The van der Waals surface area contributed by atoms with Gasteiger partial charge in [-0.25, -0.2) is 13.1 Å². The van der Waals surface area contributed by atoms with Crippen molar-refractivity contribution in [1.29, 1.82) is 0 Å². The highest BCUT2D eigenvalue weighted by Crippen LogP contribution is 2.23. The molecular weight excluding hydrogens is 294 g/mol. The Kier molecular flexibility index (Phi) is 4.88. The SMILES string of the molecule is COc1ccc(S(=O)(=O)NCCC2(C)OCCO2)cc1C. The van der Waals surface area contributed by atoms with Gasteiger partial charge in [0.25, 0.3) is 0 Å². The van der Waals surface area contributed by atoms with E-state index in [-0.39, 0.29) is 11.4 Å². The van der Waals surface area contributed by atoms with Crippen LogP contribution >= 0.6 is 0 Å². The Hall–Kier alpha value is -1.15. The van der Waals surface area contributed by atoms with Crippen LogP contribution in [0.2, 0.25) is 0 Å². The molecule has 1 aliphatic rings. The number of ether oxygens (including phenoxy) is 3. The molecule has 0 bridgehead atoms. The molecule has 0 spiro atoms. The van der Waals surface area contributed by atoms with Gasteiger partial charge in [-0.1, -0.05) is 0 Å². The van der Waals surface area contributed by atoms with Crippen molar-refractivity contribution in [2.75, 3.05) is 26.9 Å². The van der Waals surface area contributed by atoms with Crippen molar-refractivity contribution >= 4 is 10.0 Å². The van der Waals surface area contributed by atoms with Crippen molar-refractivity contribution < 1.29 is 22.6 Å². The maximum absolute atomic E-state index is 12.2. The standard InChI is InChI=1S/C14H21NO5S/c1-11-10-12(4-5-13(11)18-3)21(16,17)15-7-6-14(2)19-8-9-20-14/h4-5,10,15H,6-9H2,1-3H3. The van der Waals surface area contributed by atoms with E-state index >= 15 is 0 Å². The van der Waals surface area contributed by atoms with Gasteiger partial charge in [0.05, 0.1) is 25.2 Å². The second-order valence-corrected chi connectivity index (χ2v) is 6.88. The molecular formula is C14H21NO5S. The molecule has 1 aromatic rings. The van der Waals surface area contributed by atoms with E-state index in [0.717, 1.165) is 5.56 Å². The van der Waals surface area contributed by atoms with Crippen LogP contribution in [0.1, 0.15) is 18.9 Å². The molecule has 0 radical (unpaired) electrons. The highest BCUT2D eigenvalue weighted by molar-refractivity contribution is 7.89. The molecule has 1 aliphatic heterocycles. The van der Waals surface area contributed by atoms with Gasteiger partial charge >= 0.3 is 0 Å². The molecule has 21 heavy (non-hydrogen) atoms. The van der Waals surface area contributed by atoms with Crippen LogP contribution in [-0.4, -0.2) is 41.1 Å². The predicted molar refractivity (Wildman–Crippen MR) is 77.8 cm³/mol. The summed E-state index contributed by atoms with van der Waals surface area (Å²) in [7, 11) is -1.99. The fourth-order valence-corrected chi connectivity index (χ4v) is 3.33. The van der Waals surface area contributed by atoms with Gasteiger partial charge in [-0.15, -0.1) is 0 Å². The van der Waals surface area contributed by atoms with Crippen LogP contribution in [-0.2, 0) is 19.5 Å². The third-order valence-corrected chi connectivity index (χ3v) is 4.90. The van der Waals surface area contributed by atoms with Crippen molar-refractivity contribution in [2.45, 2.75) is 31.0 Å². The maximum Gasteiger partial charge on any atom is 0.240 e. The lowest BCUT2D eigenvalue weighted by atomic mass is 10.2. The van der Waals surface area contributed by atoms with E-state index in [1.807, 2.05) is 6.92 Å². The minimum atomic E-state index is -3.54. The number of hydrogen-bond donors (Lipinski definition) is 1. The number of benzene rings is 1. The van der Waals surface area contributed by atoms with Gasteiger partial charge < -0.3 is 14.2 Å². The minimum absolute atomic E-state index is 0.221. The maximum atomic E-state index is 12.2. The smallest absolute Gasteiger partial charge is 0.240 e. The molecule has 1 aromatic carbocycles. The summed E-state index contributed by atoms with van der Waals surface area (Å²) in [6.07, 6.45) is 0.460. The van der Waals surface area contributed by atoms with Crippen molar-refractivity contribution in [1.82, 2.24) is 4.72 Å². The van der Waals surface area contributed by atoms with Gasteiger partial charge in [-0.2, -0.15) is 0 Å². The lowest BCUT2D eigenvalue weighted by Crippen LogP contribution is -2.33. The van der Waals surface area contributed by atoms with Crippen molar-refractivity contribution in [3.05, 3.63) is 23.8 Å². The zero-order chi connectivity index (χ0) is 15.5. The summed E-state index contributed by atoms with van der Waals surface area (Å²) in [5, 5.41) is 0. The number of methoxy groups -OCH3 is 1. The second kappa shape index (κ2) is 6.31. The molecule has 0 saturated carbocycles. The highest BCUT2D eigenvalue weighted by Gasteiger charge is 2.30. The Labute approximate surface area is 125 Å². The molecule has 2 rings (SSSR count). The Bertz CT molecular complexity index is 593. The number of hydrogen-bond acceptors (Lipinski definition) is 5. The molecule has 0 aromatic heterocycles. The van der Waals surface area contributed by atoms with Crippen LogP contribution in [0.4, 0.5) is 0 Å². The number of aryl methyl sites for hydroxylation is 1. The van der Waals surface area contributed by atoms with Crippen molar-refractivity contribution in [2.24, 2.45) is 0 Å². The molecule has 0 atom stereocenters. The fraction of sp³-hybridized carbons (Fsp3) is 0.571. The summed E-state index contributed by atoms with van der Waals surface area (Å²) in [6, 6.07) is 4.76. The molecule has 118 valence electrons. The van der Waals surface area contributed by atoms with Gasteiger partial charge in [-0.3, -0.25) is 0 Å². The van der Waals surface area contributed by atoms with Gasteiger partial charge in [0.15, 0.2) is 5.79 Å². The summed E-state index contributed by atoms with van der Waals surface area (Å²) < 4.78 is 43.0. The van der Waals surface area contributed by atoms with Crippen LogP contribution in [0.5, 0.6) is 5.75 Å². The Balaban J connectivity index is 1.99. The van der Waals surface area contributed by atoms with Crippen LogP contribution in [0.3, 0.4) is 0 Å². The van der Waals surface area contributed by atoms with Crippen LogP contribution < -0.4 is 9.46 Å². The first kappa shape index (κ1) is 16.2. The van der Waals surface area contributed by atoms with Crippen molar-refractivity contribution in [3.8, 4) is 5.75 Å². The lowest BCUT2D eigenvalue weighted by molar-refractivity contribution is -0.145. The molecule has 0 amide bonds. The van der Waals surface area contributed by atoms with E-state index in [2.05, 4.69) is 4.72 Å². The van der Waals surface area contributed by atoms with Crippen molar-refractivity contribution in [3.63, 3.8) is 0 Å². The first-order valence-electron chi connectivity index (χ1n) is 6.78. The van der Waals surface area contributed by atoms with E-state index in [4.69, 9.17) is 14.2 Å². The summed E-state index contributed by atoms with van der Waals surface area (Å²) in [5.41, 5.74) is 0.773. The van der Waals surface area contributed by atoms with Crippen LogP contribution in [0, 0.1) is 6.92 Å². The fourth-order valence-electron chi connectivity index (χ4n) is 2.22. The molecule has 1 fully saturated rings. The highest BCUT2D eigenvalue weighted by atomic mass is 32.2. The van der Waals surface area contributed by atoms with Crippen LogP contribution in [0.25, 0.3) is 0 Å². The molecule has 0 unspecified atom stereocenters. The third kappa shape index (κ3) is 3.94.